The highest BCUT2D eigenvalue weighted by molar-refractivity contribution is 7.22. The van der Waals surface area contributed by atoms with E-state index in [2.05, 4.69) is 156 Å². The SMILES string of the molecule is C1=Cc2nc1c(-c1ccccc1)c1ccc([nH]1)c(-c1ccccc1)c1nc(c(-c3ccccc3)c3ccc([nH]3)c2-c2ccccc2)C=C1.Cl[SiH2]Cl. The molecule has 0 atom stereocenters. The van der Waals surface area contributed by atoms with Crippen LogP contribution in [0.3, 0.4) is 0 Å². The highest BCUT2D eigenvalue weighted by Gasteiger charge is 2.18. The zero-order valence-electron chi connectivity index (χ0n) is 27.5. The third-order valence-electron chi connectivity index (χ3n) is 9.00. The van der Waals surface area contributed by atoms with Gasteiger partial charge in [-0.15, -0.1) is 0 Å². The molecule has 8 bridgehead atoms. The van der Waals surface area contributed by atoms with Gasteiger partial charge in [0.2, 0.25) is 8.14 Å². The van der Waals surface area contributed by atoms with Gasteiger partial charge in [-0.1, -0.05) is 121 Å². The summed E-state index contributed by atoms with van der Waals surface area (Å²) in [5, 5.41) is 0. The third kappa shape index (κ3) is 6.51. The Kier molecular flexibility index (Phi) is 9.32. The molecule has 7 aromatic rings. The van der Waals surface area contributed by atoms with Gasteiger partial charge in [0.25, 0.3) is 0 Å². The summed E-state index contributed by atoms with van der Waals surface area (Å²) < 4.78 is 0. The molecular formula is C44H32Cl2N4Si. The van der Waals surface area contributed by atoms with Crippen LogP contribution in [0.4, 0.5) is 0 Å². The Labute approximate surface area is 308 Å². The first-order valence-electron chi connectivity index (χ1n) is 16.7. The van der Waals surface area contributed by atoms with Crippen molar-refractivity contribution in [1.29, 1.82) is 0 Å². The number of rotatable bonds is 4. The van der Waals surface area contributed by atoms with Gasteiger partial charge in [-0.3, -0.25) is 0 Å². The Hall–Kier alpha value is -5.72. The fourth-order valence-electron chi connectivity index (χ4n) is 6.84. The third-order valence-corrected chi connectivity index (χ3v) is 9.00. The van der Waals surface area contributed by atoms with Gasteiger partial charge in [0.1, 0.15) is 0 Å². The number of nitrogens with zero attached hydrogens (tertiary/aromatic N) is 2. The molecule has 0 saturated carbocycles. The minimum absolute atomic E-state index is 0.639. The van der Waals surface area contributed by atoms with Gasteiger partial charge in [0.05, 0.1) is 22.8 Å². The van der Waals surface area contributed by atoms with Crippen molar-refractivity contribution in [2.75, 3.05) is 0 Å². The van der Waals surface area contributed by atoms with E-state index in [0.717, 1.165) is 89.4 Å². The summed E-state index contributed by atoms with van der Waals surface area (Å²) in [5.74, 6) is 0. The van der Waals surface area contributed by atoms with E-state index in [1.54, 1.807) is 0 Å². The fourth-order valence-corrected chi connectivity index (χ4v) is 6.84. The minimum atomic E-state index is -0.639. The van der Waals surface area contributed by atoms with Crippen molar-refractivity contribution in [3.63, 3.8) is 0 Å². The molecule has 4 nitrogen and oxygen atoms in total. The van der Waals surface area contributed by atoms with Crippen molar-refractivity contribution in [3.05, 3.63) is 168 Å². The van der Waals surface area contributed by atoms with Gasteiger partial charge in [-0.2, -0.15) is 22.2 Å². The summed E-state index contributed by atoms with van der Waals surface area (Å²) in [5.41, 5.74) is 16.2. The molecule has 0 fully saturated rings. The fraction of sp³-hybridized carbons (Fsp3) is 0. The molecule has 2 aliphatic heterocycles. The van der Waals surface area contributed by atoms with E-state index in [4.69, 9.17) is 32.1 Å². The van der Waals surface area contributed by atoms with Crippen LogP contribution in [0.2, 0.25) is 0 Å². The molecule has 0 saturated heterocycles. The van der Waals surface area contributed by atoms with Crippen LogP contribution in [0.5, 0.6) is 0 Å². The van der Waals surface area contributed by atoms with Crippen LogP contribution in [-0.4, -0.2) is 28.1 Å². The Morgan fingerprint density at radius 1 is 0.333 bits per heavy atom. The van der Waals surface area contributed by atoms with Crippen LogP contribution in [0.1, 0.15) is 22.8 Å². The van der Waals surface area contributed by atoms with Crippen molar-refractivity contribution < 1.29 is 0 Å². The topological polar surface area (TPSA) is 57.4 Å². The molecular weight excluding hydrogens is 684 g/mol. The molecule has 4 aromatic carbocycles. The number of H-pyrrole nitrogens is 2. The highest BCUT2D eigenvalue weighted by Crippen LogP contribution is 2.38. The Balaban J connectivity index is 0.00000121. The molecule has 246 valence electrons. The molecule has 0 aliphatic carbocycles. The monoisotopic (exact) mass is 714 g/mol. The number of hydrogen-bond donors (Lipinski definition) is 2. The van der Waals surface area contributed by atoms with E-state index in [0.29, 0.717) is 0 Å². The summed E-state index contributed by atoms with van der Waals surface area (Å²) >= 11 is 9.81. The number of aromatic nitrogens is 4. The largest absolute Gasteiger partial charge is 0.354 e. The summed E-state index contributed by atoms with van der Waals surface area (Å²) in [4.78, 5) is 18.3. The van der Waals surface area contributed by atoms with Gasteiger partial charge in [0.15, 0.2) is 0 Å². The first kappa shape index (κ1) is 32.5. The Morgan fingerprint density at radius 2 is 0.549 bits per heavy atom. The van der Waals surface area contributed by atoms with Gasteiger partial charge in [-0.25, -0.2) is 9.97 Å². The molecule has 9 rings (SSSR count). The molecule has 0 unspecified atom stereocenters. The molecule has 0 radical (unpaired) electrons. The number of halogens is 2. The molecule has 2 N–H and O–H groups in total. The molecule has 2 aliphatic rings. The Morgan fingerprint density at radius 3 is 0.765 bits per heavy atom. The van der Waals surface area contributed by atoms with Crippen LogP contribution in [0.25, 0.3) is 90.9 Å². The first-order valence-corrected chi connectivity index (χ1v) is 21.0. The van der Waals surface area contributed by atoms with Crippen molar-refractivity contribution in [2.24, 2.45) is 0 Å². The van der Waals surface area contributed by atoms with E-state index >= 15 is 0 Å². The zero-order chi connectivity index (χ0) is 34.6. The van der Waals surface area contributed by atoms with Crippen LogP contribution < -0.4 is 0 Å². The Bertz CT molecular complexity index is 2210. The highest BCUT2D eigenvalue weighted by atomic mass is 35.7. The molecule has 0 amide bonds. The second-order valence-corrected chi connectivity index (χ2v) is 14.7. The second-order valence-electron chi connectivity index (χ2n) is 12.1. The molecule has 51 heavy (non-hydrogen) atoms. The van der Waals surface area contributed by atoms with E-state index in [1.165, 1.54) is 0 Å². The van der Waals surface area contributed by atoms with Crippen LogP contribution in [-0.2, 0) is 0 Å². The van der Waals surface area contributed by atoms with Crippen molar-refractivity contribution >= 4 is 76.7 Å². The lowest BCUT2D eigenvalue weighted by Gasteiger charge is -2.07. The van der Waals surface area contributed by atoms with E-state index in [-0.39, 0.29) is 0 Å². The van der Waals surface area contributed by atoms with Crippen LogP contribution in [0, 0.1) is 0 Å². The molecule has 7 heteroatoms. The average Bonchev–Trinajstić information content (AvgIpc) is 4.02. The second kappa shape index (κ2) is 14.6. The lowest BCUT2D eigenvalue weighted by molar-refractivity contribution is 1.31. The standard InChI is InChI=1S/C44H30N4.Cl2H2Si/c1-5-13-29(14-6-1)41-33-21-23-35(45-33)42(30-15-7-2-8-16-30)37-25-27-39(47-37)44(32-19-11-4-12-20-32)40-28-26-38(48-40)43(31-17-9-3-10-18-31)36-24-22-34(41)46-36;1-3-2/h1-28,45,48H;3H2. The number of hydrogen-bond acceptors (Lipinski definition) is 2. The van der Waals surface area contributed by atoms with Crippen molar-refractivity contribution in [1.82, 2.24) is 19.9 Å². The number of aromatic amines is 2. The normalized spacial score (nSPS) is 11.6. The smallest absolute Gasteiger partial charge is 0.222 e. The van der Waals surface area contributed by atoms with Gasteiger partial charge in [-0.05, 0) is 70.8 Å². The predicted octanol–water partition coefficient (Wildman–Crippen LogP) is 11.8. The summed E-state index contributed by atoms with van der Waals surface area (Å²) in [7, 11) is -0.639. The summed E-state index contributed by atoms with van der Waals surface area (Å²) in [6.45, 7) is 0. The predicted molar refractivity (Wildman–Crippen MR) is 221 cm³/mol. The van der Waals surface area contributed by atoms with Crippen LogP contribution >= 0.6 is 22.2 Å². The average molecular weight is 716 g/mol. The van der Waals surface area contributed by atoms with Gasteiger partial charge < -0.3 is 9.97 Å². The number of benzene rings is 4. The maximum atomic E-state index is 5.35. The lowest BCUT2D eigenvalue weighted by atomic mass is 10.0. The maximum absolute atomic E-state index is 5.35. The van der Waals surface area contributed by atoms with E-state index in [9.17, 15) is 0 Å². The zero-order valence-corrected chi connectivity index (χ0v) is 30.4. The van der Waals surface area contributed by atoms with Crippen LogP contribution in [0.15, 0.2) is 146 Å². The number of nitrogens with one attached hydrogen (secondary N) is 2. The summed E-state index contributed by atoms with van der Waals surface area (Å²) in [6.07, 6.45) is 8.54. The van der Waals surface area contributed by atoms with Gasteiger partial charge in [0, 0.05) is 44.3 Å². The van der Waals surface area contributed by atoms with Crippen molar-refractivity contribution in [3.8, 4) is 44.5 Å². The number of fused-ring (bicyclic) bond motifs is 8. The minimum Gasteiger partial charge on any atom is -0.354 e. The molecule has 5 heterocycles. The lowest BCUT2D eigenvalue weighted by Crippen LogP contribution is -1.89. The molecule has 3 aromatic heterocycles. The van der Waals surface area contributed by atoms with E-state index in [1.807, 2.05) is 24.3 Å². The maximum Gasteiger partial charge on any atom is 0.222 e. The quantitative estimate of drug-likeness (QED) is 0.141. The first-order chi connectivity index (χ1) is 25.2. The molecule has 0 spiro atoms. The van der Waals surface area contributed by atoms with Crippen molar-refractivity contribution in [2.45, 2.75) is 0 Å². The summed E-state index contributed by atoms with van der Waals surface area (Å²) in [6, 6.07) is 50.7. The van der Waals surface area contributed by atoms with E-state index < -0.39 is 8.14 Å². The van der Waals surface area contributed by atoms with Gasteiger partial charge >= 0.3 is 0 Å².